The molecule has 1 aromatic heterocycles. The molecule has 0 N–H and O–H groups in total. The Morgan fingerprint density at radius 3 is 2.35 bits per heavy atom. The number of aromatic nitrogens is 1. The summed E-state index contributed by atoms with van der Waals surface area (Å²) in [5, 5.41) is 0.946. The highest BCUT2D eigenvalue weighted by atomic mass is 32.2. The fraction of sp³-hybridized carbons (Fsp3) is 0.733. The second-order valence-electron chi connectivity index (χ2n) is 7.09. The Balaban J connectivity index is 2.02. The lowest BCUT2D eigenvalue weighted by Crippen LogP contribution is -2.46. The van der Waals surface area contributed by atoms with Crippen LogP contribution in [0.4, 0.5) is 0 Å². The zero-order valence-corrected chi connectivity index (χ0v) is 16.0. The van der Waals surface area contributed by atoms with Crippen LogP contribution in [-0.2, 0) is 15.4 Å². The Bertz CT molecular complexity index is 668. The third-order valence-electron chi connectivity index (χ3n) is 4.12. The molecule has 23 heavy (non-hydrogen) atoms. The van der Waals surface area contributed by atoms with Crippen molar-refractivity contribution in [2.45, 2.75) is 45.1 Å². The summed E-state index contributed by atoms with van der Waals surface area (Å²) in [7, 11) is -1.35. The topological polar surface area (TPSA) is 70.6 Å². The first-order valence-corrected chi connectivity index (χ1v) is 10.3. The van der Waals surface area contributed by atoms with Crippen molar-refractivity contribution in [3.63, 3.8) is 0 Å². The molecule has 1 aliphatic rings. The van der Waals surface area contributed by atoms with Crippen molar-refractivity contribution in [3.8, 4) is 0 Å². The van der Waals surface area contributed by atoms with Gasteiger partial charge in [0, 0.05) is 31.6 Å². The van der Waals surface area contributed by atoms with Crippen molar-refractivity contribution in [1.82, 2.24) is 14.2 Å². The number of rotatable bonds is 3. The van der Waals surface area contributed by atoms with Crippen LogP contribution in [0.5, 0.6) is 0 Å². The van der Waals surface area contributed by atoms with E-state index in [4.69, 9.17) is 0 Å². The maximum Gasteiger partial charge on any atom is 0.265 e. The molecule has 0 radical (unpaired) electrons. The molecule has 1 aromatic rings. The van der Waals surface area contributed by atoms with Gasteiger partial charge in [0.15, 0.2) is 0 Å². The average Bonchev–Trinajstić information content (AvgIpc) is 2.95. The van der Waals surface area contributed by atoms with Gasteiger partial charge < -0.3 is 4.90 Å². The van der Waals surface area contributed by atoms with Crippen LogP contribution in [-0.4, -0.2) is 60.9 Å². The van der Waals surface area contributed by atoms with Crippen LogP contribution in [0.1, 0.15) is 48.3 Å². The highest BCUT2D eigenvalue weighted by Crippen LogP contribution is 2.28. The van der Waals surface area contributed by atoms with Gasteiger partial charge in [-0.2, -0.15) is 0 Å². The van der Waals surface area contributed by atoms with Crippen LogP contribution in [0.15, 0.2) is 6.20 Å². The molecule has 0 spiro atoms. The molecule has 0 saturated carbocycles. The maximum absolute atomic E-state index is 12.6. The van der Waals surface area contributed by atoms with Gasteiger partial charge in [-0.15, -0.1) is 11.3 Å². The van der Waals surface area contributed by atoms with E-state index in [0.29, 0.717) is 30.8 Å². The van der Waals surface area contributed by atoms with Gasteiger partial charge in [-0.25, -0.2) is 17.7 Å². The fourth-order valence-electron chi connectivity index (χ4n) is 2.62. The minimum absolute atomic E-state index is 0.0317. The lowest BCUT2D eigenvalue weighted by atomic mass is 9.98. The minimum Gasteiger partial charge on any atom is -0.338 e. The van der Waals surface area contributed by atoms with E-state index in [1.807, 2.05) is 0 Å². The van der Waals surface area contributed by atoms with E-state index in [2.05, 4.69) is 25.8 Å². The monoisotopic (exact) mass is 359 g/mol. The summed E-state index contributed by atoms with van der Waals surface area (Å²) < 4.78 is 24.6. The highest BCUT2D eigenvalue weighted by Gasteiger charge is 2.30. The number of amides is 1. The van der Waals surface area contributed by atoms with E-state index in [9.17, 15) is 13.2 Å². The molecular weight excluding hydrogens is 334 g/mol. The molecule has 6 nitrogen and oxygen atoms in total. The highest BCUT2D eigenvalue weighted by molar-refractivity contribution is 7.88. The van der Waals surface area contributed by atoms with Gasteiger partial charge in [-0.1, -0.05) is 20.8 Å². The number of hydrogen-bond acceptors (Lipinski definition) is 5. The molecule has 0 unspecified atom stereocenters. The van der Waals surface area contributed by atoms with Crippen LogP contribution in [0.25, 0.3) is 0 Å². The fourth-order valence-corrected chi connectivity index (χ4v) is 4.45. The van der Waals surface area contributed by atoms with Crippen LogP contribution in [0.2, 0.25) is 0 Å². The number of nitrogens with zero attached hydrogens (tertiary/aromatic N) is 3. The number of piperidine rings is 1. The number of sulfonamides is 1. The van der Waals surface area contributed by atoms with Crippen LogP contribution in [0, 0.1) is 0 Å². The van der Waals surface area contributed by atoms with Crippen LogP contribution in [0.3, 0.4) is 0 Å². The van der Waals surface area contributed by atoms with Crippen molar-refractivity contribution >= 4 is 27.3 Å². The first-order chi connectivity index (χ1) is 10.5. The zero-order valence-electron chi connectivity index (χ0n) is 14.4. The summed E-state index contributed by atoms with van der Waals surface area (Å²) in [6.07, 6.45) is 4.21. The molecule has 130 valence electrons. The van der Waals surface area contributed by atoms with E-state index >= 15 is 0 Å². The molecule has 0 aromatic carbocycles. The molecule has 1 amide bonds. The average molecular weight is 360 g/mol. The molecule has 0 aliphatic carbocycles. The molecule has 8 heteroatoms. The van der Waals surface area contributed by atoms with Gasteiger partial charge in [0.05, 0.1) is 17.5 Å². The normalized spacial score (nSPS) is 18.1. The number of carbonyl (C=O) groups is 1. The van der Waals surface area contributed by atoms with Gasteiger partial charge in [0.1, 0.15) is 4.88 Å². The lowest BCUT2D eigenvalue weighted by Gasteiger charge is -2.35. The van der Waals surface area contributed by atoms with Crippen molar-refractivity contribution < 1.29 is 13.2 Å². The van der Waals surface area contributed by atoms with E-state index in [0.717, 1.165) is 5.01 Å². The summed E-state index contributed by atoms with van der Waals surface area (Å²) >= 11 is 1.44. The predicted molar refractivity (Wildman–Crippen MR) is 92.3 cm³/mol. The Morgan fingerprint density at radius 1 is 1.35 bits per heavy atom. The first-order valence-electron chi connectivity index (χ1n) is 7.68. The van der Waals surface area contributed by atoms with Crippen molar-refractivity contribution in [1.29, 1.82) is 0 Å². The van der Waals surface area contributed by atoms with Gasteiger partial charge in [-0.3, -0.25) is 4.79 Å². The smallest absolute Gasteiger partial charge is 0.265 e. The Morgan fingerprint density at radius 2 is 1.91 bits per heavy atom. The summed E-state index contributed by atoms with van der Waals surface area (Å²) in [5.74, 6) is -0.0317. The summed E-state index contributed by atoms with van der Waals surface area (Å²) in [6, 6.07) is 0.0701. The third-order valence-corrected chi connectivity index (χ3v) is 6.83. The Hall–Kier alpha value is -0.990. The van der Waals surface area contributed by atoms with Crippen molar-refractivity contribution in [3.05, 3.63) is 16.1 Å². The van der Waals surface area contributed by atoms with Gasteiger partial charge in [0.25, 0.3) is 5.91 Å². The van der Waals surface area contributed by atoms with Gasteiger partial charge in [-0.05, 0) is 12.8 Å². The van der Waals surface area contributed by atoms with Crippen LogP contribution < -0.4 is 0 Å². The largest absolute Gasteiger partial charge is 0.338 e. The minimum atomic E-state index is -3.14. The summed E-state index contributed by atoms with van der Waals surface area (Å²) in [4.78, 5) is 19.4. The van der Waals surface area contributed by atoms with Crippen LogP contribution >= 0.6 is 11.3 Å². The maximum atomic E-state index is 12.6. The van der Waals surface area contributed by atoms with Gasteiger partial charge in [0.2, 0.25) is 10.0 Å². The molecule has 1 fully saturated rings. The first kappa shape index (κ1) is 18.4. The summed E-state index contributed by atoms with van der Waals surface area (Å²) in [6.45, 7) is 7.16. The summed E-state index contributed by atoms with van der Waals surface area (Å²) in [5.41, 5.74) is -0.0669. The molecular formula is C15H25N3O3S2. The van der Waals surface area contributed by atoms with E-state index in [1.165, 1.54) is 21.9 Å². The van der Waals surface area contributed by atoms with E-state index < -0.39 is 10.0 Å². The Kier molecular flexibility index (Phi) is 5.18. The molecule has 2 heterocycles. The van der Waals surface area contributed by atoms with Crippen molar-refractivity contribution in [2.24, 2.45) is 0 Å². The molecule has 1 aliphatic heterocycles. The van der Waals surface area contributed by atoms with E-state index in [-0.39, 0.29) is 17.4 Å². The lowest BCUT2D eigenvalue weighted by molar-refractivity contribution is 0.0687. The molecule has 2 rings (SSSR count). The second-order valence-corrected chi connectivity index (χ2v) is 10.1. The van der Waals surface area contributed by atoms with E-state index in [1.54, 1.807) is 18.1 Å². The van der Waals surface area contributed by atoms with Gasteiger partial charge >= 0.3 is 0 Å². The molecule has 0 atom stereocenters. The van der Waals surface area contributed by atoms with Crippen molar-refractivity contribution in [2.75, 3.05) is 26.4 Å². The standard InChI is InChI=1S/C15H25N3O3S2/c1-15(2,3)14-16-10-12(22-14)13(19)17(4)11-6-8-18(9-7-11)23(5,20)21/h10-11H,6-9H2,1-5H3. The SMILES string of the molecule is CN(C(=O)c1cnc(C(C)(C)C)s1)C1CCN(S(C)(=O)=O)CC1. The Labute approximate surface area is 142 Å². The second kappa shape index (κ2) is 6.49. The zero-order chi connectivity index (χ0) is 17.4. The number of hydrogen-bond donors (Lipinski definition) is 0. The number of thiazole rings is 1. The predicted octanol–water partition coefficient (Wildman–Crippen LogP) is 1.94. The third kappa shape index (κ3) is 4.30. The molecule has 0 bridgehead atoms. The molecule has 1 saturated heterocycles. The number of carbonyl (C=O) groups excluding carboxylic acids is 1. The quantitative estimate of drug-likeness (QED) is 0.827.